The van der Waals surface area contributed by atoms with Crippen molar-refractivity contribution in [3.05, 3.63) is 48.0 Å². The van der Waals surface area contributed by atoms with E-state index in [0.29, 0.717) is 0 Å². The predicted octanol–water partition coefficient (Wildman–Crippen LogP) is 4.76. The average molecular weight is 282 g/mol. The zero-order valence-corrected chi connectivity index (χ0v) is 12.6. The molecule has 21 heavy (non-hydrogen) atoms. The lowest BCUT2D eigenvalue weighted by atomic mass is 9.84. The summed E-state index contributed by atoms with van der Waals surface area (Å²) in [4.78, 5) is 13.2. The van der Waals surface area contributed by atoms with Crippen LogP contribution in [0.15, 0.2) is 42.5 Å². The Kier molecular flexibility index (Phi) is 4.07. The topological polar surface area (TPSA) is 26.3 Å². The number of benzene rings is 2. The van der Waals surface area contributed by atoms with E-state index in [1.54, 1.807) is 7.11 Å². The van der Waals surface area contributed by atoms with Crippen molar-refractivity contribution in [3.8, 4) is 0 Å². The molecule has 0 heterocycles. The summed E-state index contributed by atoms with van der Waals surface area (Å²) < 4.78 is 5.77. The van der Waals surface area contributed by atoms with Crippen LogP contribution in [-0.4, -0.2) is 18.5 Å². The molecule has 0 aromatic heterocycles. The van der Waals surface area contributed by atoms with Crippen LogP contribution in [0.4, 0.5) is 0 Å². The maximum absolute atomic E-state index is 13.2. The number of carbonyl (C=O) groups is 1. The zero-order chi connectivity index (χ0) is 14.7. The molecule has 0 spiro atoms. The molecule has 2 aromatic rings. The maximum atomic E-state index is 13.2. The first-order valence-corrected chi connectivity index (χ1v) is 7.84. The van der Waals surface area contributed by atoms with Gasteiger partial charge in [-0.05, 0) is 23.6 Å². The third kappa shape index (κ3) is 2.60. The largest absolute Gasteiger partial charge is 0.370 e. The quantitative estimate of drug-likeness (QED) is 0.599. The summed E-state index contributed by atoms with van der Waals surface area (Å²) in [5.41, 5.74) is 0.178. The Morgan fingerprint density at radius 3 is 2.33 bits per heavy atom. The molecule has 0 bridgehead atoms. The van der Waals surface area contributed by atoms with Crippen LogP contribution >= 0.6 is 0 Å². The molecule has 0 unspecified atom stereocenters. The molecule has 1 saturated carbocycles. The summed E-state index contributed by atoms with van der Waals surface area (Å²) >= 11 is 0. The summed E-state index contributed by atoms with van der Waals surface area (Å²) in [7, 11) is 1.69. The monoisotopic (exact) mass is 282 g/mol. The summed E-state index contributed by atoms with van der Waals surface area (Å²) in [5.74, 6) is 0.156. The zero-order valence-electron chi connectivity index (χ0n) is 12.6. The first-order chi connectivity index (χ1) is 10.3. The SMILES string of the molecule is COC1(C(=O)c2cccc3ccccc23)CCCCCC1. The summed E-state index contributed by atoms with van der Waals surface area (Å²) in [6.07, 6.45) is 6.23. The number of ketones is 1. The molecular formula is C19H22O2. The van der Waals surface area contributed by atoms with Gasteiger partial charge in [-0.15, -0.1) is 0 Å². The van der Waals surface area contributed by atoms with E-state index >= 15 is 0 Å². The normalized spacial score (nSPS) is 18.3. The fourth-order valence-electron chi connectivity index (χ4n) is 3.49. The van der Waals surface area contributed by atoms with E-state index < -0.39 is 5.60 Å². The molecule has 1 aliphatic carbocycles. The fourth-order valence-corrected chi connectivity index (χ4v) is 3.49. The summed E-state index contributed by atoms with van der Waals surface area (Å²) in [6, 6.07) is 14.0. The lowest BCUT2D eigenvalue weighted by Crippen LogP contribution is -2.40. The molecule has 0 radical (unpaired) electrons. The van der Waals surface area contributed by atoms with Crippen molar-refractivity contribution in [1.82, 2.24) is 0 Å². The highest BCUT2D eigenvalue weighted by atomic mass is 16.5. The van der Waals surface area contributed by atoms with Crippen molar-refractivity contribution in [3.63, 3.8) is 0 Å². The molecule has 3 rings (SSSR count). The van der Waals surface area contributed by atoms with Crippen LogP contribution in [0.25, 0.3) is 10.8 Å². The van der Waals surface area contributed by atoms with Crippen LogP contribution in [0.3, 0.4) is 0 Å². The molecule has 1 aliphatic rings. The number of hydrogen-bond donors (Lipinski definition) is 0. The number of ether oxygens (including phenoxy) is 1. The van der Waals surface area contributed by atoms with Crippen molar-refractivity contribution >= 4 is 16.6 Å². The Labute approximate surface area is 126 Å². The van der Waals surface area contributed by atoms with E-state index in [4.69, 9.17) is 4.74 Å². The van der Waals surface area contributed by atoms with Crippen molar-refractivity contribution in [2.45, 2.75) is 44.1 Å². The lowest BCUT2D eigenvalue weighted by molar-refractivity contribution is -0.00678. The summed E-state index contributed by atoms with van der Waals surface area (Å²) in [6.45, 7) is 0. The minimum atomic E-state index is -0.624. The number of fused-ring (bicyclic) bond motifs is 1. The molecule has 110 valence electrons. The van der Waals surface area contributed by atoms with Gasteiger partial charge in [0.25, 0.3) is 0 Å². The molecule has 1 fully saturated rings. The smallest absolute Gasteiger partial charge is 0.195 e. The van der Waals surface area contributed by atoms with Crippen LogP contribution in [0.2, 0.25) is 0 Å². The van der Waals surface area contributed by atoms with Crippen molar-refractivity contribution < 1.29 is 9.53 Å². The van der Waals surface area contributed by atoms with E-state index in [-0.39, 0.29) is 5.78 Å². The Bertz CT molecular complexity index is 632. The highest BCUT2D eigenvalue weighted by molar-refractivity contribution is 6.12. The van der Waals surface area contributed by atoms with E-state index in [0.717, 1.165) is 42.0 Å². The van der Waals surface area contributed by atoms with Gasteiger partial charge in [0.1, 0.15) is 5.60 Å². The van der Waals surface area contributed by atoms with Crippen molar-refractivity contribution in [2.24, 2.45) is 0 Å². The molecule has 0 N–H and O–H groups in total. The lowest BCUT2D eigenvalue weighted by Gasteiger charge is -2.30. The third-order valence-electron chi connectivity index (χ3n) is 4.75. The van der Waals surface area contributed by atoms with Crippen molar-refractivity contribution in [2.75, 3.05) is 7.11 Å². The molecule has 2 heteroatoms. The van der Waals surface area contributed by atoms with Gasteiger partial charge in [-0.2, -0.15) is 0 Å². The minimum Gasteiger partial charge on any atom is -0.370 e. The van der Waals surface area contributed by atoms with Crippen LogP contribution in [0.5, 0.6) is 0 Å². The Hall–Kier alpha value is -1.67. The van der Waals surface area contributed by atoms with Gasteiger partial charge in [0.15, 0.2) is 5.78 Å². The third-order valence-corrected chi connectivity index (χ3v) is 4.75. The van der Waals surface area contributed by atoms with E-state index in [9.17, 15) is 4.79 Å². The van der Waals surface area contributed by atoms with E-state index in [1.165, 1.54) is 12.8 Å². The molecule has 0 amide bonds. The predicted molar refractivity (Wildman–Crippen MR) is 85.7 cm³/mol. The highest BCUT2D eigenvalue weighted by Crippen LogP contribution is 2.34. The Morgan fingerprint density at radius 1 is 0.952 bits per heavy atom. The fraction of sp³-hybridized carbons (Fsp3) is 0.421. The molecule has 0 saturated heterocycles. The molecule has 2 aromatic carbocycles. The number of hydrogen-bond acceptors (Lipinski definition) is 2. The second-order valence-electron chi connectivity index (χ2n) is 5.97. The number of Topliss-reactive ketones (excluding diaryl/α,β-unsaturated/α-hetero) is 1. The maximum Gasteiger partial charge on any atom is 0.195 e. The second-order valence-corrected chi connectivity index (χ2v) is 5.97. The number of carbonyl (C=O) groups excluding carboxylic acids is 1. The number of rotatable bonds is 3. The van der Waals surface area contributed by atoms with Gasteiger partial charge in [0.2, 0.25) is 0 Å². The van der Waals surface area contributed by atoms with Gasteiger partial charge >= 0.3 is 0 Å². The van der Waals surface area contributed by atoms with Crippen LogP contribution in [0.1, 0.15) is 48.9 Å². The molecule has 0 atom stereocenters. The second kappa shape index (κ2) is 5.98. The van der Waals surface area contributed by atoms with Gasteiger partial charge in [-0.25, -0.2) is 0 Å². The van der Waals surface area contributed by atoms with Gasteiger partial charge in [-0.1, -0.05) is 68.1 Å². The average Bonchev–Trinajstić information content (AvgIpc) is 2.80. The van der Waals surface area contributed by atoms with E-state index in [2.05, 4.69) is 12.1 Å². The van der Waals surface area contributed by atoms with Crippen molar-refractivity contribution in [1.29, 1.82) is 0 Å². The standard InChI is InChI=1S/C19H22O2/c1-21-19(13-6-2-3-7-14-19)18(20)17-12-8-10-15-9-4-5-11-16(15)17/h4-5,8-12H,2-3,6-7,13-14H2,1H3. The molecule has 2 nitrogen and oxygen atoms in total. The Morgan fingerprint density at radius 2 is 1.62 bits per heavy atom. The summed E-state index contributed by atoms with van der Waals surface area (Å²) in [5, 5.41) is 2.15. The van der Waals surface area contributed by atoms with Gasteiger partial charge in [0.05, 0.1) is 0 Å². The van der Waals surface area contributed by atoms with Gasteiger partial charge in [0, 0.05) is 12.7 Å². The minimum absolute atomic E-state index is 0.156. The Balaban J connectivity index is 2.06. The first kappa shape index (κ1) is 14.3. The van der Waals surface area contributed by atoms with Crippen LogP contribution in [-0.2, 0) is 4.74 Å². The molecule has 0 aliphatic heterocycles. The van der Waals surface area contributed by atoms with Gasteiger partial charge in [-0.3, -0.25) is 4.79 Å². The van der Waals surface area contributed by atoms with E-state index in [1.807, 2.05) is 30.3 Å². The first-order valence-electron chi connectivity index (χ1n) is 7.84. The number of methoxy groups -OCH3 is 1. The highest BCUT2D eigenvalue weighted by Gasteiger charge is 2.39. The molecular weight excluding hydrogens is 260 g/mol. The van der Waals surface area contributed by atoms with Crippen LogP contribution < -0.4 is 0 Å². The van der Waals surface area contributed by atoms with Gasteiger partial charge < -0.3 is 4.74 Å². The van der Waals surface area contributed by atoms with Crippen LogP contribution in [0, 0.1) is 0 Å².